The first kappa shape index (κ1) is 17.9. The molecule has 28 heavy (non-hydrogen) atoms. The van der Waals surface area contributed by atoms with Crippen LogP contribution in [0.4, 0.5) is 10.5 Å². The van der Waals surface area contributed by atoms with Crippen LogP contribution in [0.3, 0.4) is 0 Å². The van der Waals surface area contributed by atoms with Crippen molar-refractivity contribution in [1.82, 2.24) is 4.90 Å². The number of fused-ring (bicyclic) bond motifs is 1. The van der Waals surface area contributed by atoms with Crippen LogP contribution < -0.4 is 0 Å². The number of non-ortho nitro benzene ring substituents is 1. The second-order valence-corrected chi connectivity index (χ2v) is 7.29. The third-order valence-corrected chi connectivity index (χ3v) is 5.34. The van der Waals surface area contributed by atoms with Crippen molar-refractivity contribution in [2.75, 3.05) is 0 Å². The van der Waals surface area contributed by atoms with Crippen molar-refractivity contribution in [2.45, 2.75) is 6.54 Å². The van der Waals surface area contributed by atoms with E-state index in [4.69, 9.17) is 0 Å². The summed E-state index contributed by atoms with van der Waals surface area (Å²) >= 11 is 0.875. The summed E-state index contributed by atoms with van der Waals surface area (Å²) in [5.41, 5.74) is 1.47. The van der Waals surface area contributed by atoms with Gasteiger partial charge in [-0.3, -0.25) is 24.6 Å². The van der Waals surface area contributed by atoms with Gasteiger partial charge in [0.1, 0.15) is 0 Å². The molecule has 0 aromatic heterocycles. The molecule has 1 heterocycles. The molecule has 1 aliphatic heterocycles. The molecule has 1 fully saturated rings. The van der Waals surface area contributed by atoms with Crippen molar-refractivity contribution in [1.29, 1.82) is 0 Å². The van der Waals surface area contributed by atoms with Crippen LogP contribution in [0.2, 0.25) is 0 Å². The molecule has 7 heteroatoms. The Morgan fingerprint density at radius 1 is 0.964 bits per heavy atom. The molecule has 0 spiro atoms. The SMILES string of the molecule is O=C1S/C(=C\c2ccc([N+](=O)[O-])cc2)C(=O)N1Cc1ccc2ccccc2c1. The Morgan fingerprint density at radius 3 is 2.39 bits per heavy atom. The summed E-state index contributed by atoms with van der Waals surface area (Å²) in [5.74, 6) is -0.360. The summed E-state index contributed by atoms with van der Waals surface area (Å²) in [6, 6.07) is 19.6. The van der Waals surface area contributed by atoms with Gasteiger partial charge < -0.3 is 0 Å². The van der Waals surface area contributed by atoms with E-state index in [9.17, 15) is 19.7 Å². The second kappa shape index (κ2) is 7.28. The van der Waals surface area contributed by atoms with E-state index >= 15 is 0 Å². The van der Waals surface area contributed by atoms with Gasteiger partial charge in [0.2, 0.25) is 0 Å². The summed E-state index contributed by atoms with van der Waals surface area (Å²) < 4.78 is 0. The highest BCUT2D eigenvalue weighted by atomic mass is 32.2. The number of thioether (sulfide) groups is 1. The van der Waals surface area contributed by atoms with E-state index < -0.39 is 4.92 Å². The number of carbonyl (C=O) groups excluding carboxylic acids is 2. The highest BCUT2D eigenvalue weighted by molar-refractivity contribution is 8.18. The number of benzene rings is 3. The predicted molar refractivity (Wildman–Crippen MR) is 109 cm³/mol. The molecule has 2 amide bonds. The first-order chi connectivity index (χ1) is 13.5. The zero-order valence-corrected chi connectivity index (χ0v) is 15.4. The van der Waals surface area contributed by atoms with E-state index in [1.165, 1.54) is 17.0 Å². The quantitative estimate of drug-likeness (QED) is 0.356. The summed E-state index contributed by atoms with van der Waals surface area (Å²) in [5, 5.41) is 12.5. The lowest BCUT2D eigenvalue weighted by atomic mass is 10.1. The van der Waals surface area contributed by atoms with Gasteiger partial charge in [-0.1, -0.05) is 36.4 Å². The molecule has 3 aromatic carbocycles. The van der Waals surface area contributed by atoms with Crippen molar-refractivity contribution in [3.8, 4) is 0 Å². The molecule has 0 saturated carbocycles. The number of amides is 2. The van der Waals surface area contributed by atoms with Gasteiger partial charge in [0, 0.05) is 12.1 Å². The summed E-state index contributed by atoms with van der Waals surface area (Å²) in [7, 11) is 0. The van der Waals surface area contributed by atoms with Crippen LogP contribution in [-0.2, 0) is 11.3 Å². The zero-order valence-electron chi connectivity index (χ0n) is 14.6. The minimum Gasteiger partial charge on any atom is -0.268 e. The molecule has 0 N–H and O–H groups in total. The number of rotatable bonds is 4. The average molecular weight is 390 g/mol. The Hall–Kier alpha value is -3.45. The van der Waals surface area contributed by atoms with E-state index in [-0.39, 0.29) is 23.4 Å². The Kier molecular flexibility index (Phi) is 4.67. The third kappa shape index (κ3) is 3.52. The monoisotopic (exact) mass is 390 g/mol. The molecule has 0 atom stereocenters. The minimum absolute atomic E-state index is 0.0263. The summed E-state index contributed by atoms with van der Waals surface area (Å²) in [4.78, 5) is 36.8. The van der Waals surface area contributed by atoms with Crippen LogP contribution >= 0.6 is 11.8 Å². The van der Waals surface area contributed by atoms with E-state index in [1.54, 1.807) is 18.2 Å². The smallest absolute Gasteiger partial charge is 0.268 e. The molecule has 1 saturated heterocycles. The van der Waals surface area contributed by atoms with E-state index in [0.717, 1.165) is 28.1 Å². The number of nitro groups is 1. The molecule has 1 aliphatic rings. The number of hydrogen-bond donors (Lipinski definition) is 0. The number of nitrogens with zero attached hydrogens (tertiary/aromatic N) is 2. The lowest BCUT2D eigenvalue weighted by Gasteiger charge is -2.13. The molecule has 0 unspecified atom stereocenters. The van der Waals surface area contributed by atoms with Crippen LogP contribution in [0.5, 0.6) is 0 Å². The maximum atomic E-state index is 12.7. The lowest BCUT2D eigenvalue weighted by molar-refractivity contribution is -0.384. The van der Waals surface area contributed by atoms with Gasteiger partial charge in [-0.2, -0.15) is 0 Å². The third-order valence-electron chi connectivity index (χ3n) is 4.43. The van der Waals surface area contributed by atoms with Gasteiger partial charge in [-0.25, -0.2) is 0 Å². The van der Waals surface area contributed by atoms with Crippen LogP contribution in [0.1, 0.15) is 11.1 Å². The Morgan fingerprint density at radius 2 is 1.68 bits per heavy atom. The Bertz CT molecular complexity index is 1140. The van der Waals surface area contributed by atoms with Crippen molar-refractivity contribution in [2.24, 2.45) is 0 Å². The number of nitro benzene ring substituents is 1. The van der Waals surface area contributed by atoms with Gasteiger partial charge in [0.25, 0.3) is 16.8 Å². The molecule has 0 radical (unpaired) electrons. The fraction of sp³-hybridized carbons (Fsp3) is 0.0476. The molecule has 6 nitrogen and oxygen atoms in total. The summed E-state index contributed by atoms with van der Waals surface area (Å²) in [6.45, 7) is 0.201. The molecular weight excluding hydrogens is 376 g/mol. The molecule has 138 valence electrons. The van der Waals surface area contributed by atoms with Gasteiger partial charge >= 0.3 is 0 Å². The lowest BCUT2D eigenvalue weighted by Crippen LogP contribution is -2.27. The number of hydrogen-bond acceptors (Lipinski definition) is 5. The largest absolute Gasteiger partial charge is 0.293 e. The van der Waals surface area contributed by atoms with Gasteiger partial charge in [-0.05, 0) is 57.9 Å². The van der Waals surface area contributed by atoms with E-state index in [0.29, 0.717) is 10.5 Å². The Labute approximate surface area is 164 Å². The first-order valence-electron chi connectivity index (χ1n) is 8.49. The average Bonchev–Trinajstić information content (AvgIpc) is 2.95. The zero-order chi connectivity index (χ0) is 19.7. The molecule has 4 rings (SSSR count). The predicted octanol–water partition coefficient (Wildman–Crippen LogP) is 4.98. The highest BCUT2D eigenvalue weighted by Gasteiger charge is 2.35. The highest BCUT2D eigenvalue weighted by Crippen LogP contribution is 2.33. The van der Waals surface area contributed by atoms with Crippen LogP contribution in [-0.4, -0.2) is 21.0 Å². The molecule has 0 aliphatic carbocycles. The molecular formula is C21H14N2O4S. The van der Waals surface area contributed by atoms with Crippen molar-refractivity contribution < 1.29 is 14.5 Å². The fourth-order valence-corrected chi connectivity index (χ4v) is 3.84. The van der Waals surface area contributed by atoms with Crippen LogP contribution in [0.15, 0.2) is 71.6 Å². The number of carbonyl (C=O) groups is 2. The Balaban J connectivity index is 1.55. The van der Waals surface area contributed by atoms with Crippen molar-refractivity contribution in [3.63, 3.8) is 0 Å². The van der Waals surface area contributed by atoms with E-state index in [2.05, 4.69) is 0 Å². The van der Waals surface area contributed by atoms with E-state index in [1.807, 2.05) is 42.5 Å². The first-order valence-corrected chi connectivity index (χ1v) is 9.30. The normalized spacial score (nSPS) is 15.6. The standard InChI is InChI=1S/C21H14N2O4S/c24-20-19(12-14-6-9-18(10-7-14)23(26)27)28-21(25)22(20)13-15-5-8-16-3-1-2-4-17(16)11-15/h1-12H,13H2/b19-12-. The van der Waals surface area contributed by atoms with Gasteiger partial charge in [0.15, 0.2) is 0 Å². The molecule has 3 aromatic rings. The van der Waals surface area contributed by atoms with Gasteiger partial charge in [0.05, 0.1) is 16.4 Å². The van der Waals surface area contributed by atoms with Gasteiger partial charge in [-0.15, -0.1) is 0 Å². The van der Waals surface area contributed by atoms with Crippen LogP contribution in [0.25, 0.3) is 16.8 Å². The topological polar surface area (TPSA) is 80.5 Å². The van der Waals surface area contributed by atoms with Crippen LogP contribution in [0, 0.1) is 10.1 Å². The van der Waals surface area contributed by atoms with Crippen molar-refractivity contribution in [3.05, 3.63) is 92.9 Å². The number of imide groups is 1. The second-order valence-electron chi connectivity index (χ2n) is 6.30. The maximum absolute atomic E-state index is 12.7. The minimum atomic E-state index is -0.485. The summed E-state index contributed by atoms with van der Waals surface area (Å²) in [6.07, 6.45) is 1.58. The van der Waals surface area contributed by atoms with Crippen molar-refractivity contribution >= 4 is 45.4 Å². The molecule has 0 bridgehead atoms. The fourth-order valence-electron chi connectivity index (χ4n) is 3.00. The maximum Gasteiger partial charge on any atom is 0.293 e.